The summed E-state index contributed by atoms with van der Waals surface area (Å²) in [5.41, 5.74) is 3.70. The van der Waals surface area contributed by atoms with Crippen LogP contribution < -0.4 is 9.64 Å². The van der Waals surface area contributed by atoms with Crippen molar-refractivity contribution in [1.29, 1.82) is 0 Å². The average Bonchev–Trinajstić information content (AvgIpc) is 3.09. The maximum Gasteiger partial charge on any atom is 0.263 e. The van der Waals surface area contributed by atoms with E-state index in [4.69, 9.17) is 21.3 Å². The van der Waals surface area contributed by atoms with Gasteiger partial charge in [0, 0.05) is 18.1 Å². The molecule has 0 aliphatic heterocycles. The van der Waals surface area contributed by atoms with Crippen LogP contribution in [0.2, 0.25) is 5.02 Å². The van der Waals surface area contributed by atoms with Crippen LogP contribution in [0, 0.1) is 13.8 Å². The lowest BCUT2D eigenvalue weighted by atomic mass is 10.1. The summed E-state index contributed by atoms with van der Waals surface area (Å²) >= 11 is 7.67. The fourth-order valence-corrected chi connectivity index (χ4v) is 4.13. The summed E-state index contributed by atoms with van der Waals surface area (Å²) in [5, 5.41) is 1.17. The molecule has 0 saturated heterocycles. The summed E-state index contributed by atoms with van der Waals surface area (Å²) in [5.74, 6) is 0.326. The van der Waals surface area contributed by atoms with E-state index >= 15 is 0 Å². The van der Waals surface area contributed by atoms with Gasteiger partial charge in [-0.1, -0.05) is 29.0 Å². The quantitative estimate of drug-likeness (QED) is 0.513. The van der Waals surface area contributed by atoms with E-state index in [2.05, 4.69) is 26.0 Å². The third-order valence-corrected chi connectivity index (χ3v) is 5.99. The van der Waals surface area contributed by atoms with Gasteiger partial charge >= 0.3 is 0 Å². The van der Waals surface area contributed by atoms with Crippen molar-refractivity contribution >= 4 is 56.6 Å². The number of fused-ring (bicyclic) bond motifs is 1. The maximum absolute atomic E-state index is 13.5. The summed E-state index contributed by atoms with van der Waals surface area (Å²) in [6, 6.07) is 9.23. The van der Waals surface area contributed by atoms with Crippen molar-refractivity contribution in [2.24, 2.45) is 0 Å². The predicted octanol–water partition coefficient (Wildman–Crippen LogP) is 5.21. The molecule has 0 radical (unpaired) electrons. The molecule has 0 saturated carbocycles. The van der Waals surface area contributed by atoms with E-state index in [0.29, 0.717) is 34.6 Å². The highest BCUT2D eigenvalue weighted by atomic mass is 35.5. The second-order valence-corrected chi connectivity index (χ2v) is 8.40. The number of aryl methyl sites for hydroxylation is 2. The summed E-state index contributed by atoms with van der Waals surface area (Å²) in [4.78, 5) is 22.0. The number of carbonyl (C=O) groups is 1. The standard InChI is InChI=1S/C21H24ClN3O2S.ClH/c1-13-6-9-18-19(14(13)2)23-21(28-18)25(11-10-24(3)4)20(26)16-12-15(22)7-8-17(16)27-5;/h6-9,12H,10-11H2,1-5H3;1H. The number of benzene rings is 2. The number of rotatable bonds is 6. The molecule has 29 heavy (non-hydrogen) atoms. The van der Waals surface area contributed by atoms with Gasteiger partial charge in [0.25, 0.3) is 5.91 Å². The van der Waals surface area contributed by atoms with Crippen LogP contribution in [-0.2, 0) is 0 Å². The minimum Gasteiger partial charge on any atom is -0.496 e. The van der Waals surface area contributed by atoms with Gasteiger partial charge < -0.3 is 9.64 Å². The Kier molecular flexibility index (Phi) is 7.88. The molecule has 0 spiro atoms. The number of methoxy groups -OCH3 is 1. The van der Waals surface area contributed by atoms with Crippen molar-refractivity contribution in [2.75, 3.05) is 39.2 Å². The molecule has 8 heteroatoms. The van der Waals surface area contributed by atoms with E-state index < -0.39 is 0 Å². The van der Waals surface area contributed by atoms with E-state index in [0.717, 1.165) is 15.8 Å². The topological polar surface area (TPSA) is 45.7 Å². The Labute approximate surface area is 186 Å². The lowest BCUT2D eigenvalue weighted by Crippen LogP contribution is -2.37. The van der Waals surface area contributed by atoms with Gasteiger partial charge in [0.15, 0.2) is 5.13 Å². The Morgan fingerprint density at radius 3 is 2.55 bits per heavy atom. The molecule has 1 aromatic heterocycles. The Morgan fingerprint density at radius 1 is 1.17 bits per heavy atom. The number of carbonyl (C=O) groups excluding carboxylic acids is 1. The Bertz CT molecular complexity index is 1020. The van der Waals surface area contributed by atoms with Crippen LogP contribution in [0.3, 0.4) is 0 Å². The summed E-state index contributed by atoms with van der Waals surface area (Å²) in [6.07, 6.45) is 0. The average molecular weight is 454 g/mol. The third kappa shape index (κ3) is 5.01. The first kappa shape index (κ1) is 23.4. The number of hydrogen-bond acceptors (Lipinski definition) is 5. The maximum atomic E-state index is 13.5. The van der Waals surface area contributed by atoms with Gasteiger partial charge in [-0.25, -0.2) is 4.98 Å². The number of amides is 1. The summed E-state index contributed by atoms with van der Waals surface area (Å²) < 4.78 is 6.46. The van der Waals surface area contributed by atoms with Gasteiger partial charge in [-0.05, 0) is 63.3 Å². The molecule has 1 amide bonds. The van der Waals surface area contributed by atoms with Crippen LogP contribution in [0.4, 0.5) is 5.13 Å². The van der Waals surface area contributed by atoms with Gasteiger partial charge in [0.05, 0.1) is 22.9 Å². The van der Waals surface area contributed by atoms with E-state index in [1.54, 1.807) is 30.2 Å². The Balaban J connectivity index is 0.00000300. The molecule has 0 aliphatic rings. The molecule has 3 aromatic rings. The molecule has 0 unspecified atom stereocenters. The van der Waals surface area contributed by atoms with Crippen molar-refractivity contribution in [3.63, 3.8) is 0 Å². The second-order valence-electron chi connectivity index (χ2n) is 6.96. The number of nitrogens with zero attached hydrogens (tertiary/aromatic N) is 3. The second kappa shape index (κ2) is 9.76. The van der Waals surface area contributed by atoms with Gasteiger partial charge in [-0.15, -0.1) is 12.4 Å². The highest BCUT2D eigenvalue weighted by Gasteiger charge is 2.25. The first-order valence-corrected chi connectivity index (χ1v) is 10.2. The van der Waals surface area contributed by atoms with E-state index in [1.165, 1.54) is 16.9 Å². The molecule has 0 aliphatic carbocycles. The zero-order chi connectivity index (χ0) is 20.4. The fraction of sp³-hybridized carbons (Fsp3) is 0.333. The van der Waals surface area contributed by atoms with Crippen LogP contribution in [0.1, 0.15) is 21.5 Å². The number of hydrogen-bond donors (Lipinski definition) is 0. The molecule has 0 N–H and O–H groups in total. The molecule has 5 nitrogen and oxygen atoms in total. The molecule has 1 heterocycles. The van der Waals surface area contributed by atoms with Crippen LogP contribution in [0.5, 0.6) is 5.75 Å². The third-order valence-electron chi connectivity index (χ3n) is 4.71. The first-order valence-electron chi connectivity index (χ1n) is 8.98. The molecule has 2 aromatic carbocycles. The number of thiazole rings is 1. The Hall–Kier alpha value is -1.86. The van der Waals surface area contributed by atoms with Gasteiger partial charge in [0.2, 0.25) is 0 Å². The van der Waals surface area contributed by atoms with Crippen LogP contribution in [0.15, 0.2) is 30.3 Å². The van der Waals surface area contributed by atoms with Crippen LogP contribution in [-0.4, -0.2) is 50.1 Å². The molecule has 0 fully saturated rings. The van der Waals surface area contributed by atoms with Crippen molar-refractivity contribution in [3.8, 4) is 5.75 Å². The number of halogens is 2. The highest BCUT2D eigenvalue weighted by molar-refractivity contribution is 7.22. The lowest BCUT2D eigenvalue weighted by Gasteiger charge is -2.23. The summed E-state index contributed by atoms with van der Waals surface area (Å²) in [7, 11) is 5.51. The number of aromatic nitrogens is 1. The molecule has 3 rings (SSSR count). The van der Waals surface area contributed by atoms with Crippen molar-refractivity contribution in [3.05, 3.63) is 52.0 Å². The van der Waals surface area contributed by atoms with Crippen molar-refractivity contribution in [2.45, 2.75) is 13.8 Å². The Morgan fingerprint density at radius 2 is 1.90 bits per heavy atom. The molecule has 156 valence electrons. The summed E-state index contributed by atoms with van der Waals surface area (Å²) in [6.45, 7) is 5.36. The van der Waals surface area contributed by atoms with Crippen LogP contribution in [0.25, 0.3) is 10.2 Å². The monoisotopic (exact) mass is 453 g/mol. The van der Waals surface area contributed by atoms with Gasteiger partial charge in [-0.3, -0.25) is 9.69 Å². The lowest BCUT2D eigenvalue weighted by molar-refractivity contribution is 0.0982. The van der Waals surface area contributed by atoms with E-state index in [9.17, 15) is 4.79 Å². The smallest absolute Gasteiger partial charge is 0.263 e. The molecule has 0 atom stereocenters. The molecular weight excluding hydrogens is 429 g/mol. The van der Waals surface area contributed by atoms with Gasteiger partial charge in [0.1, 0.15) is 5.75 Å². The predicted molar refractivity (Wildman–Crippen MR) is 125 cm³/mol. The number of ether oxygens (including phenoxy) is 1. The zero-order valence-corrected chi connectivity index (χ0v) is 19.5. The van der Waals surface area contributed by atoms with E-state index in [1.807, 2.05) is 19.0 Å². The normalized spacial score (nSPS) is 10.9. The SMILES string of the molecule is COc1ccc(Cl)cc1C(=O)N(CCN(C)C)c1nc2c(C)c(C)ccc2s1.Cl. The van der Waals surface area contributed by atoms with Crippen LogP contribution >= 0.6 is 35.3 Å². The zero-order valence-electron chi connectivity index (χ0n) is 17.2. The largest absolute Gasteiger partial charge is 0.496 e. The number of likely N-dealkylation sites (N-methyl/N-ethyl adjacent to an activating group) is 1. The number of anilines is 1. The van der Waals surface area contributed by atoms with Crippen molar-refractivity contribution < 1.29 is 9.53 Å². The molecular formula is C21H25Cl2N3O2S. The van der Waals surface area contributed by atoms with Crippen molar-refractivity contribution in [1.82, 2.24) is 9.88 Å². The minimum atomic E-state index is -0.172. The fourth-order valence-electron chi connectivity index (χ4n) is 2.91. The van der Waals surface area contributed by atoms with Gasteiger partial charge in [-0.2, -0.15) is 0 Å². The minimum absolute atomic E-state index is 0. The molecule has 0 bridgehead atoms. The first-order chi connectivity index (χ1) is 13.3. The highest BCUT2D eigenvalue weighted by Crippen LogP contribution is 2.34. The van der Waals surface area contributed by atoms with E-state index in [-0.39, 0.29) is 18.3 Å².